The molecular formula is C15H33N5O. The van der Waals surface area contributed by atoms with Crippen molar-refractivity contribution in [1.82, 2.24) is 15.1 Å². The van der Waals surface area contributed by atoms with E-state index in [2.05, 4.69) is 34.1 Å². The Bertz CT molecular complexity index is 279. The second-order valence-corrected chi connectivity index (χ2v) is 5.66. The van der Waals surface area contributed by atoms with Crippen molar-refractivity contribution < 1.29 is 4.74 Å². The molecule has 0 atom stereocenters. The van der Waals surface area contributed by atoms with E-state index in [0.29, 0.717) is 5.96 Å². The first-order valence-electron chi connectivity index (χ1n) is 8.24. The van der Waals surface area contributed by atoms with Crippen molar-refractivity contribution in [2.45, 2.75) is 26.2 Å². The number of nitrogens with two attached hydrogens (primary N) is 1. The van der Waals surface area contributed by atoms with Gasteiger partial charge in [0, 0.05) is 39.3 Å². The molecule has 1 rings (SSSR count). The minimum atomic E-state index is 0.570. The van der Waals surface area contributed by atoms with E-state index in [1.165, 1.54) is 12.8 Å². The lowest BCUT2D eigenvalue weighted by Gasteiger charge is -2.26. The maximum Gasteiger partial charge on any atom is 0.188 e. The second-order valence-electron chi connectivity index (χ2n) is 5.66. The molecule has 0 radical (unpaired) electrons. The Morgan fingerprint density at radius 3 is 2.76 bits per heavy atom. The number of unbranched alkanes of at least 4 members (excludes halogenated alkanes) is 1. The molecule has 1 fully saturated rings. The smallest absolute Gasteiger partial charge is 0.188 e. The molecule has 6 nitrogen and oxygen atoms in total. The van der Waals surface area contributed by atoms with Gasteiger partial charge in [-0.05, 0) is 26.4 Å². The molecule has 3 N–H and O–H groups in total. The highest BCUT2D eigenvalue weighted by Gasteiger charge is 2.08. The number of morpholine rings is 1. The van der Waals surface area contributed by atoms with Gasteiger partial charge in [0.05, 0.1) is 13.2 Å². The highest BCUT2D eigenvalue weighted by molar-refractivity contribution is 5.77. The molecule has 0 aliphatic carbocycles. The SMILES string of the molecule is CCCCN(C)CCNC(N)=NCCCN1CCOCC1. The summed E-state index contributed by atoms with van der Waals surface area (Å²) in [5.74, 6) is 0.570. The molecule has 21 heavy (non-hydrogen) atoms. The van der Waals surface area contributed by atoms with E-state index < -0.39 is 0 Å². The van der Waals surface area contributed by atoms with Crippen LogP contribution in [0.5, 0.6) is 0 Å². The van der Waals surface area contributed by atoms with Gasteiger partial charge >= 0.3 is 0 Å². The third kappa shape index (κ3) is 9.66. The quantitative estimate of drug-likeness (QED) is 0.346. The summed E-state index contributed by atoms with van der Waals surface area (Å²) < 4.78 is 5.33. The molecule has 1 saturated heterocycles. The number of guanidine groups is 1. The summed E-state index contributed by atoms with van der Waals surface area (Å²) in [6.07, 6.45) is 3.55. The Hall–Kier alpha value is -0.850. The number of nitrogens with one attached hydrogen (secondary N) is 1. The van der Waals surface area contributed by atoms with E-state index >= 15 is 0 Å². The minimum absolute atomic E-state index is 0.570. The van der Waals surface area contributed by atoms with Crippen molar-refractivity contribution in [2.24, 2.45) is 10.7 Å². The summed E-state index contributed by atoms with van der Waals surface area (Å²) in [5.41, 5.74) is 5.87. The molecular weight excluding hydrogens is 266 g/mol. The number of ether oxygens (including phenoxy) is 1. The van der Waals surface area contributed by atoms with Crippen molar-refractivity contribution in [3.05, 3.63) is 0 Å². The highest BCUT2D eigenvalue weighted by atomic mass is 16.5. The average Bonchev–Trinajstić information content (AvgIpc) is 2.50. The van der Waals surface area contributed by atoms with Crippen LogP contribution in [-0.2, 0) is 4.74 Å². The molecule has 0 bridgehead atoms. The zero-order valence-corrected chi connectivity index (χ0v) is 13.8. The van der Waals surface area contributed by atoms with E-state index in [-0.39, 0.29) is 0 Å². The summed E-state index contributed by atoms with van der Waals surface area (Å²) in [5, 5.41) is 3.18. The predicted octanol–water partition coefficient (Wildman–Crippen LogP) is 0.345. The summed E-state index contributed by atoms with van der Waals surface area (Å²) in [4.78, 5) is 9.12. The van der Waals surface area contributed by atoms with E-state index in [4.69, 9.17) is 10.5 Å². The topological polar surface area (TPSA) is 66.1 Å². The molecule has 0 aromatic carbocycles. The molecule has 0 spiro atoms. The van der Waals surface area contributed by atoms with Crippen molar-refractivity contribution in [3.8, 4) is 0 Å². The Morgan fingerprint density at radius 1 is 1.29 bits per heavy atom. The Balaban J connectivity index is 1.99. The largest absolute Gasteiger partial charge is 0.379 e. The zero-order chi connectivity index (χ0) is 15.3. The first-order chi connectivity index (χ1) is 10.2. The van der Waals surface area contributed by atoms with Gasteiger partial charge in [-0.15, -0.1) is 0 Å². The standard InChI is InChI=1S/C15H33N5O/c1-3-4-8-19(2)10-7-18-15(16)17-6-5-9-20-11-13-21-14-12-20/h3-14H2,1-2H3,(H3,16,17,18). The van der Waals surface area contributed by atoms with Gasteiger partial charge in [-0.1, -0.05) is 13.3 Å². The molecule has 1 aliphatic rings. The van der Waals surface area contributed by atoms with Crippen LogP contribution in [0, 0.1) is 0 Å². The number of hydrogen-bond donors (Lipinski definition) is 2. The molecule has 0 unspecified atom stereocenters. The van der Waals surface area contributed by atoms with Crippen LogP contribution in [0.3, 0.4) is 0 Å². The Kier molecular flexibility index (Phi) is 10.2. The van der Waals surface area contributed by atoms with Gasteiger partial charge in [0.2, 0.25) is 0 Å². The number of rotatable bonds is 10. The van der Waals surface area contributed by atoms with Gasteiger partial charge in [0.15, 0.2) is 5.96 Å². The van der Waals surface area contributed by atoms with Crippen LogP contribution in [0.25, 0.3) is 0 Å². The van der Waals surface area contributed by atoms with E-state index in [0.717, 1.165) is 65.4 Å². The van der Waals surface area contributed by atoms with E-state index in [1.807, 2.05) is 0 Å². The monoisotopic (exact) mass is 299 g/mol. The maximum absolute atomic E-state index is 5.87. The van der Waals surface area contributed by atoms with Gasteiger partial charge in [0.25, 0.3) is 0 Å². The van der Waals surface area contributed by atoms with Crippen molar-refractivity contribution in [3.63, 3.8) is 0 Å². The van der Waals surface area contributed by atoms with Gasteiger partial charge in [-0.25, -0.2) is 0 Å². The van der Waals surface area contributed by atoms with E-state index in [1.54, 1.807) is 0 Å². The molecule has 0 saturated carbocycles. The molecule has 0 aromatic heterocycles. The third-order valence-corrected chi connectivity index (χ3v) is 3.71. The average molecular weight is 299 g/mol. The van der Waals surface area contributed by atoms with Crippen LogP contribution in [0.15, 0.2) is 4.99 Å². The van der Waals surface area contributed by atoms with Crippen molar-refractivity contribution >= 4 is 5.96 Å². The Labute approximate surface area is 129 Å². The van der Waals surface area contributed by atoms with E-state index in [9.17, 15) is 0 Å². The van der Waals surface area contributed by atoms with Crippen LogP contribution in [-0.4, -0.2) is 81.8 Å². The first-order valence-corrected chi connectivity index (χ1v) is 8.24. The fourth-order valence-electron chi connectivity index (χ4n) is 2.29. The van der Waals surface area contributed by atoms with Gasteiger partial charge in [0.1, 0.15) is 0 Å². The van der Waals surface area contributed by atoms with Crippen LogP contribution < -0.4 is 11.1 Å². The summed E-state index contributed by atoms with van der Waals surface area (Å²) in [6.45, 7) is 10.9. The lowest BCUT2D eigenvalue weighted by molar-refractivity contribution is 0.0377. The van der Waals surface area contributed by atoms with Crippen molar-refractivity contribution in [2.75, 3.05) is 66.1 Å². The number of likely N-dealkylation sites (N-methyl/N-ethyl adjacent to an activating group) is 1. The maximum atomic E-state index is 5.87. The molecule has 0 amide bonds. The van der Waals surface area contributed by atoms with Gasteiger partial charge < -0.3 is 20.7 Å². The number of nitrogens with zero attached hydrogens (tertiary/aromatic N) is 3. The first kappa shape index (κ1) is 18.2. The lowest BCUT2D eigenvalue weighted by atomic mass is 10.3. The molecule has 124 valence electrons. The van der Waals surface area contributed by atoms with Crippen LogP contribution in [0.4, 0.5) is 0 Å². The number of aliphatic imine (C=N–C) groups is 1. The zero-order valence-electron chi connectivity index (χ0n) is 13.8. The number of hydrogen-bond acceptors (Lipinski definition) is 4. The summed E-state index contributed by atoms with van der Waals surface area (Å²) in [7, 11) is 2.15. The molecule has 0 aromatic rings. The van der Waals surface area contributed by atoms with Crippen LogP contribution in [0.1, 0.15) is 26.2 Å². The predicted molar refractivity (Wildman–Crippen MR) is 88.8 cm³/mol. The molecule has 1 heterocycles. The summed E-state index contributed by atoms with van der Waals surface area (Å²) in [6, 6.07) is 0. The fourth-order valence-corrected chi connectivity index (χ4v) is 2.29. The van der Waals surface area contributed by atoms with Crippen molar-refractivity contribution in [1.29, 1.82) is 0 Å². The second kappa shape index (κ2) is 11.8. The Morgan fingerprint density at radius 2 is 2.05 bits per heavy atom. The normalized spacial score (nSPS) is 17.4. The van der Waals surface area contributed by atoms with Crippen LogP contribution >= 0.6 is 0 Å². The van der Waals surface area contributed by atoms with Gasteiger partial charge in [-0.2, -0.15) is 0 Å². The highest BCUT2D eigenvalue weighted by Crippen LogP contribution is 1.97. The molecule has 1 aliphatic heterocycles. The van der Waals surface area contributed by atoms with Crippen LogP contribution in [0.2, 0.25) is 0 Å². The minimum Gasteiger partial charge on any atom is -0.379 e. The summed E-state index contributed by atoms with van der Waals surface area (Å²) >= 11 is 0. The fraction of sp³-hybridized carbons (Fsp3) is 0.933. The third-order valence-electron chi connectivity index (χ3n) is 3.71. The lowest BCUT2D eigenvalue weighted by Crippen LogP contribution is -2.38. The van der Waals surface area contributed by atoms with Gasteiger partial charge in [-0.3, -0.25) is 9.89 Å². The molecule has 6 heteroatoms.